The van der Waals surface area contributed by atoms with Gasteiger partial charge in [0.15, 0.2) is 0 Å². The molecule has 246 valence electrons. The first-order valence-corrected chi connectivity index (χ1v) is 15.7. The molecule has 1 N–H and O–H groups in total. The van der Waals surface area contributed by atoms with Gasteiger partial charge in [-0.05, 0) is 103 Å². The van der Waals surface area contributed by atoms with Crippen LogP contribution in [0.1, 0.15) is 50.5 Å². The van der Waals surface area contributed by atoms with Gasteiger partial charge < -0.3 is 24.1 Å². The molecular weight excluding hydrogens is 596 g/mol. The molecule has 1 saturated carbocycles. The zero-order chi connectivity index (χ0) is 33.9. The predicted octanol–water partition coefficient (Wildman–Crippen LogP) is 7.37. The topological polar surface area (TPSA) is 108 Å². The van der Waals surface area contributed by atoms with E-state index in [2.05, 4.69) is 31.9 Å². The van der Waals surface area contributed by atoms with E-state index in [1.807, 2.05) is 36.4 Å². The minimum atomic E-state index is -0.663. The van der Waals surface area contributed by atoms with E-state index >= 15 is 0 Å². The summed E-state index contributed by atoms with van der Waals surface area (Å²) in [6, 6.07) is 21.1. The summed E-state index contributed by atoms with van der Waals surface area (Å²) >= 11 is 0. The van der Waals surface area contributed by atoms with Crippen molar-refractivity contribution in [3.8, 4) is 33.8 Å². The molecule has 0 amide bonds. The van der Waals surface area contributed by atoms with E-state index in [1.165, 1.54) is 7.11 Å². The van der Waals surface area contributed by atoms with Crippen molar-refractivity contribution < 1.29 is 38.4 Å². The maximum absolute atomic E-state index is 12.4. The summed E-state index contributed by atoms with van der Waals surface area (Å²) in [5, 5.41) is 9.31. The highest BCUT2D eigenvalue weighted by Crippen LogP contribution is 2.42. The highest BCUT2D eigenvalue weighted by Gasteiger charge is 2.26. The number of carbonyl (C=O) groups excluding carboxylic acids is 3. The van der Waals surface area contributed by atoms with E-state index in [4.69, 9.17) is 18.9 Å². The van der Waals surface area contributed by atoms with Crippen molar-refractivity contribution in [2.45, 2.75) is 44.9 Å². The third-order valence-electron chi connectivity index (χ3n) is 8.31. The SMILES string of the molecule is C=C(C)C(=O)OCCC1CCC(c2cc(OC(=O)C(=C)CO)ccc2-c2ccc(-c3ccc(OC(=O)C(=C)COC)cc3)cc2)CC1. The summed E-state index contributed by atoms with van der Waals surface area (Å²) in [5.74, 6) is -0.0227. The monoisotopic (exact) mass is 638 g/mol. The van der Waals surface area contributed by atoms with Crippen LogP contribution < -0.4 is 9.47 Å². The van der Waals surface area contributed by atoms with Gasteiger partial charge in [-0.3, -0.25) is 0 Å². The van der Waals surface area contributed by atoms with Crippen molar-refractivity contribution in [1.82, 2.24) is 0 Å². The number of hydrogen-bond donors (Lipinski definition) is 1. The largest absolute Gasteiger partial charge is 0.462 e. The molecule has 0 unspecified atom stereocenters. The molecule has 0 radical (unpaired) electrons. The minimum Gasteiger partial charge on any atom is -0.462 e. The molecule has 0 saturated heterocycles. The highest BCUT2D eigenvalue weighted by atomic mass is 16.5. The predicted molar refractivity (Wildman–Crippen MR) is 181 cm³/mol. The standard InChI is InChI=1S/C39H42O8/c1-25(2)37(41)45-21-20-28-6-8-32(9-7-28)36-22-34(47-38(42)26(3)23-40)18-19-35(36)31-12-10-29(11-13-31)30-14-16-33(17-15-30)46-39(43)27(4)24-44-5/h10-19,22,28,32,40H,1,3-4,6-9,20-21,23-24H2,2,5H3. The van der Waals surface area contributed by atoms with Crippen LogP contribution in [0.15, 0.2) is 103 Å². The van der Waals surface area contributed by atoms with Crippen molar-refractivity contribution in [2.24, 2.45) is 5.92 Å². The first-order valence-electron chi connectivity index (χ1n) is 15.7. The summed E-state index contributed by atoms with van der Waals surface area (Å²) in [6.07, 6.45) is 4.68. The molecule has 8 nitrogen and oxygen atoms in total. The molecular formula is C39H42O8. The van der Waals surface area contributed by atoms with Crippen LogP contribution in [0.25, 0.3) is 22.3 Å². The van der Waals surface area contributed by atoms with Crippen molar-refractivity contribution in [1.29, 1.82) is 0 Å². The minimum absolute atomic E-state index is 0.0122. The lowest BCUT2D eigenvalue weighted by atomic mass is 9.76. The Bertz CT molecular complexity index is 1610. The Morgan fingerprint density at radius 2 is 1.30 bits per heavy atom. The van der Waals surface area contributed by atoms with E-state index in [9.17, 15) is 19.5 Å². The van der Waals surface area contributed by atoms with Gasteiger partial charge in [0.2, 0.25) is 0 Å². The molecule has 0 aromatic heterocycles. The maximum atomic E-state index is 12.4. The molecule has 3 aromatic rings. The molecule has 0 atom stereocenters. The fraction of sp³-hybridized carbons (Fsp3) is 0.308. The Balaban J connectivity index is 1.51. The smallest absolute Gasteiger partial charge is 0.341 e. The Kier molecular flexibility index (Phi) is 12.4. The number of ether oxygens (including phenoxy) is 4. The summed E-state index contributed by atoms with van der Waals surface area (Å²) < 4.78 is 21.2. The highest BCUT2D eigenvalue weighted by molar-refractivity contribution is 5.90. The second-order valence-corrected chi connectivity index (χ2v) is 11.9. The summed E-state index contributed by atoms with van der Waals surface area (Å²) in [6.45, 7) is 12.5. The zero-order valence-corrected chi connectivity index (χ0v) is 27.1. The van der Waals surface area contributed by atoms with E-state index in [-0.39, 0.29) is 29.6 Å². The first-order chi connectivity index (χ1) is 22.6. The van der Waals surface area contributed by atoms with Gasteiger partial charge >= 0.3 is 17.9 Å². The lowest BCUT2D eigenvalue weighted by molar-refractivity contribution is -0.139. The maximum Gasteiger partial charge on any atom is 0.341 e. The van der Waals surface area contributed by atoms with Gasteiger partial charge in [0, 0.05) is 12.7 Å². The van der Waals surface area contributed by atoms with E-state index in [0.29, 0.717) is 29.6 Å². The number of carbonyl (C=O) groups is 3. The molecule has 47 heavy (non-hydrogen) atoms. The quantitative estimate of drug-likeness (QED) is 0.111. The number of methoxy groups -OCH3 is 1. The van der Waals surface area contributed by atoms with Crippen molar-refractivity contribution >= 4 is 17.9 Å². The van der Waals surface area contributed by atoms with Crippen molar-refractivity contribution in [3.05, 3.63) is 109 Å². The molecule has 3 aromatic carbocycles. The van der Waals surface area contributed by atoms with Gasteiger partial charge in [-0.1, -0.05) is 62.2 Å². The van der Waals surface area contributed by atoms with Crippen LogP contribution in [0.3, 0.4) is 0 Å². The van der Waals surface area contributed by atoms with E-state index in [0.717, 1.165) is 59.9 Å². The van der Waals surface area contributed by atoms with Crippen LogP contribution in [0.4, 0.5) is 0 Å². The zero-order valence-electron chi connectivity index (χ0n) is 27.1. The molecule has 1 aliphatic rings. The van der Waals surface area contributed by atoms with Gasteiger partial charge in [0.25, 0.3) is 0 Å². The van der Waals surface area contributed by atoms with Gasteiger partial charge in [-0.25, -0.2) is 14.4 Å². The average molecular weight is 639 g/mol. The number of rotatable bonds is 14. The number of hydrogen-bond acceptors (Lipinski definition) is 8. The molecule has 0 spiro atoms. The number of esters is 3. The van der Waals surface area contributed by atoms with Gasteiger partial charge in [0.1, 0.15) is 11.5 Å². The normalized spacial score (nSPS) is 15.7. The second kappa shape index (κ2) is 16.7. The molecule has 4 rings (SSSR count). The third-order valence-corrected chi connectivity index (χ3v) is 8.31. The number of aliphatic hydroxyl groups is 1. The lowest BCUT2D eigenvalue weighted by Gasteiger charge is -2.30. The molecule has 1 fully saturated rings. The second-order valence-electron chi connectivity index (χ2n) is 11.9. The van der Waals surface area contributed by atoms with Crippen molar-refractivity contribution in [2.75, 3.05) is 26.9 Å². The van der Waals surface area contributed by atoms with Crippen LogP contribution in [-0.4, -0.2) is 49.9 Å². The Hall–Kier alpha value is -4.79. The summed E-state index contributed by atoms with van der Waals surface area (Å²) in [5.41, 5.74) is 5.76. The van der Waals surface area contributed by atoms with Gasteiger partial charge in [-0.15, -0.1) is 0 Å². The van der Waals surface area contributed by atoms with E-state index in [1.54, 1.807) is 25.1 Å². The molecule has 0 aliphatic heterocycles. The summed E-state index contributed by atoms with van der Waals surface area (Å²) in [7, 11) is 1.49. The van der Waals surface area contributed by atoms with Crippen LogP contribution in [-0.2, 0) is 23.9 Å². The fourth-order valence-electron chi connectivity index (χ4n) is 5.62. The van der Waals surface area contributed by atoms with Crippen molar-refractivity contribution in [3.63, 3.8) is 0 Å². The van der Waals surface area contributed by atoms with Crippen LogP contribution in [0.5, 0.6) is 11.5 Å². The Labute approximate surface area is 276 Å². The van der Waals surface area contributed by atoms with Gasteiger partial charge in [0.05, 0.1) is 31.0 Å². The van der Waals surface area contributed by atoms with Crippen LogP contribution >= 0.6 is 0 Å². The molecule has 0 bridgehead atoms. The summed E-state index contributed by atoms with van der Waals surface area (Å²) in [4.78, 5) is 36.2. The first kappa shape index (κ1) is 35.1. The average Bonchev–Trinajstić information content (AvgIpc) is 3.08. The Morgan fingerprint density at radius 1 is 0.745 bits per heavy atom. The third kappa shape index (κ3) is 9.61. The van der Waals surface area contributed by atoms with Crippen LogP contribution in [0, 0.1) is 5.92 Å². The molecule has 8 heteroatoms. The van der Waals surface area contributed by atoms with Gasteiger partial charge in [-0.2, -0.15) is 0 Å². The Morgan fingerprint density at radius 3 is 1.89 bits per heavy atom. The fourth-order valence-corrected chi connectivity index (χ4v) is 5.62. The van der Waals surface area contributed by atoms with E-state index < -0.39 is 18.5 Å². The molecule has 1 aliphatic carbocycles. The molecule has 0 heterocycles. The van der Waals surface area contributed by atoms with Crippen LogP contribution in [0.2, 0.25) is 0 Å². The number of aliphatic hydroxyl groups excluding tert-OH is 1. The number of benzene rings is 3. The lowest BCUT2D eigenvalue weighted by Crippen LogP contribution is -2.17.